The second-order valence-electron chi connectivity index (χ2n) is 8.22. The maximum absolute atomic E-state index is 2.36. The molecule has 0 atom stereocenters. The van der Waals surface area contributed by atoms with Crippen molar-refractivity contribution in [1.82, 2.24) is 4.57 Å². The maximum Gasteiger partial charge on any atom is 0.245 e. The standard InChI is InChI=1S/C29H23N2/c1-3-9-26-17-22(13-15-24(26)7-1)19-30-21-31(29-12-6-5-11-28(29)30)20-23-14-16-25-8-2-4-10-27(25)18-23/h1-18,21H,19-20H2/q+1. The molecule has 0 N–H and O–H groups in total. The largest absolute Gasteiger partial charge is 0.245 e. The van der Waals surface area contributed by atoms with Crippen LogP contribution >= 0.6 is 0 Å². The zero-order valence-electron chi connectivity index (χ0n) is 17.3. The van der Waals surface area contributed by atoms with Gasteiger partial charge in [0.2, 0.25) is 6.33 Å². The van der Waals surface area contributed by atoms with Gasteiger partial charge in [-0.3, -0.25) is 0 Å². The fraction of sp³-hybridized carbons (Fsp3) is 0.0690. The van der Waals surface area contributed by atoms with Gasteiger partial charge in [0.1, 0.15) is 13.1 Å². The Morgan fingerprint density at radius 1 is 0.548 bits per heavy atom. The van der Waals surface area contributed by atoms with Crippen molar-refractivity contribution >= 4 is 32.6 Å². The van der Waals surface area contributed by atoms with Crippen LogP contribution in [0.4, 0.5) is 0 Å². The second-order valence-corrected chi connectivity index (χ2v) is 8.22. The van der Waals surface area contributed by atoms with Crippen molar-refractivity contribution in [3.05, 3.63) is 127 Å². The fourth-order valence-electron chi connectivity index (χ4n) is 4.56. The molecule has 0 bridgehead atoms. The van der Waals surface area contributed by atoms with E-state index in [2.05, 4.69) is 125 Å². The molecule has 6 aromatic rings. The molecule has 1 aromatic heterocycles. The number of imidazole rings is 1. The lowest BCUT2D eigenvalue weighted by Crippen LogP contribution is -2.32. The lowest BCUT2D eigenvalue weighted by Gasteiger charge is -2.03. The number of para-hydroxylation sites is 2. The van der Waals surface area contributed by atoms with E-state index in [0.717, 1.165) is 13.1 Å². The lowest BCUT2D eigenvalue weighted by atomic mass is 10.1. The molecule has 0 aliphatic rings. The third kappa shape index (κ3) is 3.36. The molecule has 0 saturated carbocycles. The highest BCUT2D eigenvalue weighted by Gasteiger charge is 2.16. The minimum absolute atomic E-state index is 0.857. The van der Waals surface area contributed by atoms with E-state index >= 15 is 0 Å². The Kier molecular flexibility index (Phi) is 4.28. The van der Waals surface area contributed by atoms with E-state index in [9.17, 15) is 0 Å². The van der Waals surface area contributed by atoms with Crippen LogP contribution in [0.25, 0.3) is 32.6 Å². The van der Waals surface area contributed by atoms with Crippen LogP contribution in [0.3, 0.4) is 0 Å². The number of benzene rings is 5. The summed E-state index contributed by atoms with van der Waals surface area (Å²) < 4.78 is 4.72. The van der Waals surface area contributed by atoms with Crippen LogP contribution in [0.15, 0.2) is 116 Å². The van der Waals surface area contributed by atoms with Gasteiger partial charge in [0, 0.05) is 0 Å². The van der Waals surface area contributed by atoms with Crippen molar-refractivity contribution in [2.45, 2.75) is 13.1 Å². The molecule has 6 rings (SSSR count). The minimum Gasteiger partial charge on any atom is -0.226 e. The first-order valence-corrected chi connectivity index (χ1v) is 10.8. The predicted molar refractivity (Wildman–Crippen MR) is 128 cm³/mol. The molecule has 0 fully saturated rings. The van der Waals surface area contributed by atoms with Crippen molar-refractivity contribution in [3.63, 3.8) is 0 Å². The lowest BCUT2D eigenvalue weighted by molar-refractivity contribution is -0.663. The van der Waals surface area contributed by atoms with E-state index in [-0.39, 0.29) is 0 Å². The van der Waals surface area contributed by atoms with E-state index in [1.807, 2.05) is 0 Å². The molecule has 0 aliphatic heterocycles. The highest BCUT2D eigenvalue weighted by atomic mass is 15.1. The second kappa shape index (κ2) is 7.41. The summed E-state index contributed by atoms with van der Waals surface area (Å²) >= 11 is 0. The van der Waals surface area contributed by atoms with E-state index in [0.29, 0.717) is 0 Å². The molecular formula is C29H23N2+. The normalized spacial score (nSPS) is 11.5. The number of fused-ring (bicyclic) bond motifs is 3. The molecule has 31 heavy (non-hydrogen) atoms. The molecule has 2 heteroatoms. The molecule has 2 nitrogen and oxygen atoms in total. The maximum atomic E-state index is 2.36. The smallest absolute Gasteiger partial charge is 0.226 e. The summed E-state index contributed by atoms with van der Waals surface area (Å²) in [7, 11) is 0. The molecule has 0 radical (unpaired) electrons. The number of aromatic nitrogens is 2. The molecule has 0 spiro atoms. The zero-order valence-corrected chi connectivity index (χ0v) is 17.3. The van der Waals surface area contributed by atoms with Gasteiger partial charge in [0.25, 0.3) is 0 Å². The van der Waals surface area contributed by atoms with Gasteiger partial charge in [-0.1, -0.05) is 84.9 Å². The highest BCUT2D eigenvalue weighted by molar-refractivity contribution is 5.83. The third-order valence-corrected chi connectivity index (χ3v) is 6.11. The van der Waals surface area contributed by atoms with E-state index < -0.39 is 0 Å². The third-order valence-electron chi connectivity index (χ3n) is 6.11. The van der Waals surface area contributed by atoms with Crippen LogP contribution in [0.2, 0.25) is 0 Å². The summed E-state index contributed by atoms with van der Waals surface area (Å²) in [6, 6.07) is 39.3. The summed E-state index contributed by atoms with van der Waals surface area (Å²) in [5.74, 6) is 0. The Morgan fingerprint density at radius 3 is 1.87 bits per heavy atom. The summed E-state index contributed by atoms with van der Waals surface area (Å²) in [6.45, 7) is 1.71. The first-order valence-electron chi connectivity index (χ1n) is 10.8. The van der Waals surface area contributed by atoms with Crippen LogP contribution in [-0.4, -0.2) is 4.57 Å². The zero-order chi connectivity index (χ0) is 20.6. The van der Waals surface area contributed by atoms with Gasteiger partial charge in [-0.25, -0.2) is 9.13 Å². The van der Waals surface area contributed by atoms with Crippen LogP contribution in [0.1, 0.15) is 11.1 Å². The Morgan fingerprint density at radius 2 is 1.13 bits per heavy atom. The van der Waals surface area contributed by atoms with E-state index in [1.165, 1.54) is 43.7 Å². The number of hydrogen-bond donors (Lipinski definition) is 0. The topological polar surface area (TPSA) is 8.81 Å². The van der Waals surface area contributed by atoms with Gasteiger partial charge in [-0.15, -0.1) is 0 Å². The van der Waals surface area contributed by atoms with Crippen LogP contribution in [0.5, 0.6) is 0 Å². The van der Waals surface area contributed by atoms with Gasteiger partial charge < -0.3 is 0 Å². The molecule has 0 amide bonds. The Hall–Kier alpha value is -3.91. The SMILES string of the molecule is c1ccc2cc(Cn3c[n+](Cc4ccc5ccccc5c4)c4ccccc43)ccc2c1. The monoisotopic (exact) mass is 399 g/mol. The first-order chi connectivity index (χ1) is 15.3. The van der Waals surface area contributed by atoms with Crippen molar-refractivity contribution in [2.75, 3.05) is 0 Å². The highest BCUT2D eigenvalue weighted by Crippen LogP contribution is 2.20. The Balaban J connectivity index is 1.38. The molecule has 148 valence electrons. The first kappa shape index (κ1) is 17.9. The molecular weight excluding hydrogens is 376 g/mol. The number of nitrogens with zero attached hydrogens (tertiary/aromatic N) is 2. The van der Waals surface area contributed by atoms with Crippen molar-refractivity contribution in [1.29, 1.82) is 0 Å². The van der Waals surface area contributed by atoms with Gasteiger partial charge >= 0.3 is 0 Å². The minimum atomic E-state index is 0.857. The Bertz CT molecular complexity index is 1430. The van der Waals surface area contributed by atoms with Gasteiger partial charge in [0.05, 0.1) is 0 Å². The summed E-state index contributed by atoms with van der Waals surface area (Å²) in [4.78, 5) is 0. The molecule has 5 aromatic carbocycles. The number of hydrogen-bond acceptors (Lipinski definition) is 0. The average Bonchev–Trinajstić information content (AvgIpc) is 3.16. The van der Waals surface area contributed by atoms with Crippen molar-refractivity contribution in [2.24, 2.45) is 0 Å². The van der Waals surface area contributed by atoms with E-state index in [4.69, 9.17) is 0 Å². The molecule has 0 unspecified atom stereocenters. The Labute approximate surface area is 181 Å². The van der Waals surface area contributed by atoms with Crippen LogP contribution in [0, 0.1) is 0 Å². The molecule has 1 heterocycles. The number of rotatable bonds is 4. The van der Waals surface area contributed by atoms with Gasteiger partial charge in [-0.05, 0) is 56.9 Å². The summed E-state index contributed by atoms with van der Waals surface area (Å²) in [5, 5.41) is 5.16. The summed E-state index contributed by atoms with van der Waals surface area (Å²) in [6.07, 6.45) is 2.26. The quantitative estimate of drug-likeness (QED) is 0.306. The van der Waals surface area contributed by atoms with E-state index in [1.54, 1.807) is 0 Å². The van der Waals surface area contributed by atoms with Crippen molar-refractivity contribution in [3.8, 4) is 0 Å². The summed E-state index contributed by atoms with van der Waals surface area (Å²) in [5.41, 5.74) is 5.16. The van der Waals surface area contributed by atoms with Crippen molar-refractivity contribution < 1.29 is 4.57 Å². The van der Waals surface area contributed by atoms with Gasteiger partial charge in [0.15, 0.2) is 11.0 Å². The average molecular weight is 400 g/mol. The van der Waals surface area contributed by atoms with Crippen LogP contribution in [-0.2, 0) is 13.1 Å². The predicted octanol–water partition coefficient (Wildman–Crippen LogP) is 6.33. The van der Waals surface area contributed by atoms with Gasteiger partial charge in [-0.2, -0.15) is 0 Å². The van der Waals surface area contributed by atoms with Crippen LogP contribution < -0.4 is 4.57 Å². The molecule has 0 saturated heterocycles. The fourth-order valence-corrected chi connectivity index (χ4v) is 4.56. The molecule has 0 aliphatic carbocycles.